The highest BCUT2D eigenvalue weighted by Crippen LogP contribution is 2.21. The molecule has 156 valence electrons. The zero-order valence-electron chi connectivity index (χ0n) is 16.1. The van der Waals surface area contributed by atoms with E-state index < -0.39 is 0 Å². The summed E-state index contributed by atoms with van der Waals surface area (Å²) in [5.41, 5.74) is 2.17. The predicted molar refractivity (Wildman–Crippen MR) is 124 cm³/mol. The van der Waals surface area contributed by atoms with Crippen LogP contribution < -0.4 is 16.0 Å². The molecule has 7 nitrogen and oxygen atoms in total. The molecule has 0 fully saturated rings. The maximum absolute atomic E-state index is 12.1. The van der Waals surface area contributed by atoms with Gasteiger partial charge in [0.15, 0.2) is 5.13 Å². The molecule has 0 unspecified atom stereocenters. The van der Waals surface area contributed by atoms with Crippen molar-refractivity contribution in [3.8, 4) is 0 Å². The van der Waals surface area contributed by atoms with Gasteiger partial charge in [0.05, 0.1) is 17.9 Å². The van der Waals surface area contributed by atoms with Gasteiger partial charge >= 0.3 is 0 Å². The highest BCUT2D eigenvalue weighted by molar-refractivity contribution is 7.99. The van der Waals surface area contributed by atoms with Crippen molar-refractivity contribution in [2.24, 2.45) is 0 Å². The number of aromatic nitrogens is 1. The molecule has 0 aliphatic heterocycles. The van der Waals surface area contributed by atoms with Crippen molar-refractivity contribution < 1.29 is 14.4 Å². The molecule has 1 aromatic carbocycles. The Labute approximate surface area is 186 Å². The Bertz CT molecular complexity index is 1000. The number of nitrogens with zero attached hydrogens (tertiary/aromatic N) is 1. The first-order chi connectivity index (χ1) is 14.5. The molecule has 3 N–H and O–H groups in total. The Kier molecular flexibility index (Phi) is 8.00. The number of carbonyl (C=O) groups is 3. The lowest BCUT2D eigenvalue weighted by Gasteiger charge is -2.06. The van der Waals surface area contributed by atoms with Crippen LogP contribution in [0.4, 0.5) is 16.5 Å². The minimum absolute atomic E-state index is 0.0881. The Morgan fingerprint density at radius 2 is 1.70 bits per heavy atom. The number of thiophene rings is 1. The molecule has 3 amide bonds. The summed E-state index contributed by atoms with van der Waals surface area (Å²) in [5.74, 6) is 0.509. The van der Waals surface area contributed by atoms with Crippen molar-refractivity contribution in [3.63, 3.8) is 0 Å². The van der Waals surface area contributed by atoms with Gasteiger partial charge in [-0.3, -0.25) is 14.4 Å². The quantitative estimate of drug-likeness (QED) is 0.444. The Morgan fingerprint density at radius 1 is 0.967 bits per heavy atom. The van der Waals surface area contributed by atoms with E-state index >= 15 is 0 Å². The summed E-state index contributed by atoms with van der Waals surface area (Å²) in [6, 6.07) is 10.8. The van der Waals surface area contributed by atoms with Crippen LogP contribution in [-0.2, 0) is 26.6 Å². The van der Waals surface area contributed by atoms with Crippen molar-refractivity contribution in [1.29, 1.82) is 0 Å². The first kappa shape index (κ1) is 22.0. The van der Waals surface area contributed by atoms with Gasteiger partial charge in [0, 0.05) is 34.3 Å². The number of anilines is 3. The van der Waals surface area contributed by atoms with Gasteiger partial charge < -0.3 is 16.0 Å². The molecule has 0 radical (unpaired) electrons. The van der Waals surface area contributed by atoms with Crippen LogP contribution >= 0.6 is 34.4 Å². The normalized spacial score (nSPS) is 10.4. The Balaban J connectivity index is 1.38. The van der Waals surface area contributed by atoms with E-state index in [1.165, 1.54) is 30.0 Å². The van der Waals surface area contributed by atoms with Crippen LogP contribution in [0.2, 0.25) is 0 Å². The summed E-state index contributed by atoms with van der Waals surface area (Å²) in [6.45, 7) is 1.44. The summed E-state index contributed by atoms with van der Waals surface area (Å²) in [6.07, 6.45) is 0.341. The molecule has 2 aromatic heterocycles. The number of thiazole rings is 1. The zero-order valence-corrected chi connectivity index (χ0v) is 18.6. The first-order valence-electron chi connectivity index (χ1n) is 9.00. The van der Waals surface area contributed by atoms with Gasteiger partial charge in [0.25, 0.3) is 0 Å². The van der Waals surface area contributed by atoms with E-state index in [2.05, 4.69) is 20.9 Å². The van der Waals surface area contributed by atoms with E-state index in [4.69, 9.17) is 0 Å². The SMILES string of the molecule is CC(=O)Nc1ccc(NC(=O)CSCc2csc(NC(=O)Cc3cccs3)n2)cc1. The molecule has 0 saturated heterocycles. The fourth-order valence-electron chi connectivity index (χ4n) is 2.45. The number of hydrogen-bond acceptors (Lipinski definition) is 7. The molecule has 0 aliphatic rings. The predicted octanol–water partition coefficient (Wildman–Crippen LogP) is 4.22. The molecule has 10 heteroatoms. The molecule has 0 spiro atoms. The first-order valence-corrected chi connectivity index (χ1v) is 11.9. The van der Waals surface area contributed by atoms with E-state index in [-0.39, 0.29) is 23.5 Å². The maximum atomic E-state index is 12.1. The number of benzene rings is 1. The van der Waals surface area contributed by atoms with Gasteiger partial charge in [0.1, 0.15) is 0 Å². The standard InChI is InChI=1S/C20H20N4O3S3/c1-13(25)21-14-4-6-15(7-5-14)22-19(27)12-28-10-16-11-30-20(23-16)24-18(26)9-17-3-2-8-29-17/h2-8,11H,9-10,12H2,1H3,(H,21,25)(H,22,27)(H,23,24,26). The fraction of sp³-hybridized carbons (Fsp3) is 0.200. The number of thioether (sulfide) groups is 1. The molecule has 30 heavy (non-hydrogen) atoms. The number of amides is 3. The summed E-state index contributed by atoms with van der Waals surface area (Å²) < 4.78 is 0. The van der Waals surface area contributed by atoms with Gasteiger partial charge in [-0.25, -0.2) is 4.98 Å². The van der Waals surface area contributed by atoms with E-state index in [0.717, 1.165) is 10.6 Å². The van der Waals surface area contributed by atoms with Crippen LogP contribution in [0.1, 0.15) is 17.5 Å². The lowest BCUT2D eigenvalue weighted by Crippen LogP contribution is -2.14. The van der Waals surface area contributed by atoms with Crippen LogP contribution in [0, 0.1) is 0 Å². The Morgan fingerprint density at radius 3 is 2.37 bits per heavy atom. The zero-order chi connectivity index (χ0) is 21.3. The van der Waals surface area contributed by atoms with Gasteiger partial charge in [-0.15, -0.1) is 34.4 Å². The lowest BCUT2D eigenvalue weighted by atomic mass is 10.3. The minimum atomic E-state index is -0.143. The van der Waals surface area contributed by atoms with Gasteiger partial charge in [-0.1, -0.05) is 6.07 Å². The molecule has 2 heterocycles. The van der Waals surface area contributed by atoms with E-state index in [0.29, 0.717) is 28.7 Å². The van der Waals surface area contributed by atoms with E-state index in [1.54, 1.807) is 35.6 Å². The van der Waals surface area contributed by atoms with Crippen molar-refractivity contribution in [1.82, 2.24) is 4.98 Å². The Hall–Kier alpha value is -2.69. The second-order valence-electron chi connectivity index (χ2n) is 6.25. The van der Waals surface area contributed by atoms with Crippen molar-refractivity contribution in [2.75, 3.05) is 21.7 Å². The van der Waals surface area contributed by atoms with Gasteiger partial charge in [-0.05, 0) is 35.7 Å². The lowest BCUT2D eigenvalue weighted by molar-refractivity contribution is -0.116. The summed E-state index contributed by atoms with van der Waals surface area (Å²) in [7, 11) is 0. The third-order valence-corrected chi connectivity index (χ3v) is 6.33. The van der Waals surface area contributed by atoms with Crippen molar-refractivity contribution >= 4 is 68.7 Å². The van der Waals surface area contributed by atoms with Crippen LogP contribution in [0.3, 0.4) is 0 Å². The van der Waals surface area contributed by atoms with Crippen LogP contribution in [0.5, 0.6) is 0 Å². The molecular formula is C20H20N4O3S3. The average molecular weight is 461 g/mol. The van der Waals surface area contributed by atoms with Crippen molar-refractivity contribution in [3.05, 3.63) is 57.7 Å². The topological polar surface area (TPSA) is 100 Å². The fourth-order valence-corrected chi connectivity index (χ4v) is 4.70. The smallest absolute Gasteiger partial charge is 0.234 e. The monoisotopic (exact) mass is 460 g/mol. The largest absolute Gasteiger partial charge is 0.326 e. The highest BCUT2D eigenvalue weighted by Gasteiger charge is 2.09. The van der Waals surface area contributed by atoms with E-state index in [1.807, 2.05) is 22.9 Å². The number of nitrogens with one attached hydrogen (secondary N) is 3. The number of carbonyl (C=O) groups excluding carboxylic acids is 3. The molecule has 3 rings (SSSR count). The van der Waals surface area contributed by atoms with Crippen LogP contribution in [0.25, 0.3) is 0 Å². The second kappa shape index (κ2) is 10.9. The summed E-state index contributed by atoms with van der Waals surface area (Å²) in [5, 5.41) is 12.7. The van der Waals surface area contributed by atoms with Gasteiger partial charge in [-0.2, -0.15) is 0 Å². The summed E-state index contributed by atoms with van der Waals surface area (Å²) >= 11 is 4.37. The third-order valence-electron chi connectivity index (χ3n) is 3.69. The highest BCUT2D eigenvalue weighted by atomic mass is 32.2. The summed E-state index contributed by atoms with van der Waals surface area (Å²) in [4.78, 5) is 40.5. The minimum Gasteiger partial charge on any atom is -0.326 e. The molecule has 0 aliphatic carbocycles. The average Bonchev–Trinajstić information content (AvgIpc) is 3.35. The van der Waals surface area contributed by atoms with E-state index in [9.17, 15) is 14.4 Å². The molecule has 0 saturated carbocycles. The molecule has 0 atom stereocenters. The molecular weight excluding hydrogens is 440 g/mol. The van der Waals surface area contributed by atoms with Crippen molar-refractivity contribution in [2.45, 2.75) is 19.1 Å². The number of hydrogen-bond donors (Lipinski definition) is 3. The third kappa shape index (κ3) is 7.29. The number of rotatable bonds is 9. The second-order valence-corrected chi connectivity index (χ2v) is 9.12. The maximum Gasteiger partial charge on any atom is 0.234 e. The van der Waals surface area contributed by atoms with Crippen LogP contribution in [0.15, 0.2) is 47.2 Å². The molecule has 0 bridgehead atoms. The molecule has 3 aromatic rings. The van der Waals surface area contributed by atoms with Crippen LogP contribution in [-0.4, -0.2) is 28.5 Å². The van der Waals surface area contributed by atoms with Gasteiger partial charge in [0.2, 0.25) is 17.7 Å².